The molecule has 0 spiro atoms. The van der Waals surface area contributed by atoms with Gasteiger partial charge in [0, 0.05) is 19.1 Å². The van der Waals surface area contributed by atoms with E-state index in [1.54, 1.807) is 6.07 Å². The lowest BCUT2D eigenvalue weighted by molar-refractivity contribution is 0.583. The number of nitrogens with one attached hydrogen (secondary N) is 3. The molecule has 0 aromatic carbocycles. The van der Waals surface area contributed by atoms with E-state index in [0.29, 0.717) is 22.9 Å². The zero-order chi connectivity index (χ0) is 16.6. The summed E-state index contributed by atoms with van der Waals surface area (Å²) >= 11 is 6.79. The maximum atomic E-state index is 12.0. The van der Waals surface area contributed by atoms with Gasteiger partial charge in [0.25, 0.3) is 0 Å². The van der Waals surface area contributed by atoms with Crippen molar-refractivity contribution in [3.63, 3.8) is 0 Å². The molecule has 0 saturated carbocycles. The van der Waals surface area contributed by atoms with Gasteiger partial charge in [-0.25, -0.2) is 13.1 Å². The van der Waals surface area contributed by atoms with Gasteiger partial charge in [0.05, 0.1) is 10.9 Å². The topological polar surface area (TPSA) is 82.6 Å². The molecule has 1 aromatic heterocycles. The molecular weight excluding hydrogens is 344 g/mol. The summed E-state index contributed by atoms with van der Waals surface area (Å²) in [7, 11) is -3.50. The Kier molecular flexibility index (Phi) is 8.16. The van der Waals surface area contributed by atoms with E-state index in [2.05, 4.69) is 34.2 Å². The van der Waals surface area contributed by atoms with E-state index in [1.165, 1.54) is 6.07 Å². The van der Waals surface area contributed by atoms with E-state index in [-0.39, 0.29) is 10.8 Å². The van der Waals surface area contributed by atoms with Gasteiger partial charge in [0.2, 0.25) is 10.0 Å². The van der Waals surface area contributed by atoms with Crippen LogP contribution >= 0.6 is 22.9 Å². The molecule has 0 aliphatic carbocycles. The molecule has 9 heteroatoms. The minimum atomic E-state index is -3.50. The summed E-state index contributed by atoms with van der Waals surface area (Å²) < 4.78 is 27.2. The molecule has 6 nitrogen and oxygen atoms in total. The van der Waals surface area contributed by atoms with E-state index >= 15 is 0 Å². The van der Waals surface area contributed by atoms with Gasteiger partial charge in [-0.05, 0) is 32.4 Å². The molecule has 3 N–H and O–H groups in total. The van der Waals surface area contributed by atoms with Gasteiger partial charge >= 0.3 is 0 Å². The van der Waals surface area contributed by atoms with Crippen molar-refractivity contribution in [2.75, 3.05) is 19.6 Å². The highest BCUT2D eigenvalue weighted by Gasteiger charge is 2.15. The van der Waals surface area contributed by atoms with E-state index in [4.69, 9.17) is 11.6 Å². The third-order valence-corrected chi connectivity index (χ3v) is 6.01. The number of aliphatic imine (C=N–C) groups is 1. The van der Waals surface area contributed by atoms with Crippen LogP contribution in [0.15, 0.2) is 21.3 Å². The fourth-order valence-corrected chi connectivity index (χ4v) is 4.06. The summed E-state index contributed by atoms with van der Waals surface area (Å²) in [5.74, 6) is 0.690. The Morgan fingerprint density at radius 1 is 1.41 bits per heavy atom. The highest BCUT2D eigenvalue weighted by atomic mass is 35.5. The first-order valence-corrected chi connectivity index (χ1v) is 9.86. The normalized spacial score (nSPS) is 13.9. The molecule has 0 bridgehead atoms. The van der Waals surface area contributed by atoms with E-state index < -0.39 is 10.0 Å². The number of hydrogen-bond acceptors (Lipinski definition) is 4. The maximum absolute atomic E-state index is 12.0. The van der Waals surface area contributed by atoms with Crippen molar-refractivity contribution < 1.29 is 8.42 Å². The summed E-state index contributed by atoms with van der Waals surface area (Å²) in [5.41, 5.74) is 0. The van der Waals surface area contributed by atoms with Crippen LogP contribution in [0.1, 0.15) is 27.2 Å². The average molecular weight is 367 g/mol. The van der Waals surface area contributed by atoms with Crippen molar-refractivity contribution in [3.05, 3.63) is 16.5 Å². The van der Waals surface area contributed by atoms with Crippen LogP contribution in [0.25, 0.3) is 0 Å². The molecule has 1 unspecified atom stereocenters. The predicted octanol–water partition coefficient (Wildman–Crippen LogP) is 2.03. The van der Waals surface area contributed by atoms with Crippen LogP contribution < -0.4 is 15.4 Å². The SMILES string of the molecule is CCNC(=NCCNS(=O)(=O)c1ccc(Cl)s1)NC(C)CC. The number of guanidine groups is 1. The first-order valence-electron chi connectivity index (χ1n) is 7.18. The Labute approximate surface area is 141 Å². The lowest BCUT2D eigenvalue weighted by Gasteiger charge is -2.16. The Hall–Kier alpha value is -0.830. The molecule has 1 rings (SSSR count). The van der Waals surface area contributed by atoms with Crippen LogP contribution in [0.4, 0.5) is 0 Å². The highest BCUT2D eigenvalue weighted by molar-refractivity contribution is 7.91. The zero-order valence-electron chi connectivity index (χ0n) is 13.0. The number of halogens is 1. The molecule has 1 heterocycles. The van der Waals surface area contributed by atoms with Gasteiger partial charge in [-0.1, -0.05) is 18.5 Å². The second-order valence-electron chi connectivity index (χ2n) is 4.67. The lowest BCUT2D eigenvalue weighted by atomic mass is 10.3. The third-order valence-electron chi connectivity index (χ3n) is 2.83. The lowest BCUT2D eigenvalue weighted by Crippen LogP contribution is -2.42. The van der Waals surface area contributed by atoms with Gasteiger partial charge in [0.15, 0.2) is 5.96 Å². The summed E-state index contributed by atoms with van der Waals surface area (Å²) in [6.45, 7) is 7.47. The minimum Gasteiger partial charge on any atom is -0.357 e. The van der Waals surface area contributed by atoms with Crippen LogP contribution in [0.5, 0.6) is 0 Å². The molecule has 1 aromatic rings. The number of thiophene rings is 1. The molecular formula is C13H23ClN4O2S2. The number of rotatable bonds is 8. The first kappa shape index (κ1) is 19.2. The standard InChI is InChI=1S/C13H23ClN4O2S2/c1-4-10(3)18-13(15-5-2)16-8-9-17-22(19,20)12-7-6-11(14)21-12/h6-7,10,17H,4-5,8-9H2,1-3H3,(H2,15,16,18). The molecule has 0 aliphatic rings. The van der Waals surface area contributed by atoms with Crippen molar-refractivity contribution in [1.82, 2.24) is 15.4 Å². The Bertz CT molecular complexity index is 587. The fraction of sp³-hybridized carbons (Fsp3) is 0.615. The molecule has 0 amide bonds. The van der Waals surface area contributed by atoms with Gasteiger partial charge in [-0.3, -0.25) is 4.99 Å². The van der Waals surface area contributed by atoms with E-state index in [9.17, 15) is 8.42 Å². The predicted molar refractivity (Wildman–Crippen MR) is 93.4 cm³/mol. The van der Waals surface area contributed by atoms with Crippen LogP contribution in [0.3, 0.4) is 0 Å². The van der Waals surface area contributed by atoms with Crippen molar-refractivity contribution >= 4 is 38.9 Å². The smallest absolute Gasteiger partial charge is 0.250 e. The van der Waals surface area contributed by atoms with Crippen molar-refractivity contribution in [2.45, 2.75) is 37.4 Å². The quantitative estimate of drug-likeness (QED) is 0.373. The minimum absolute atomic E-state index is 0.214. The molecule has 0 aliphatic heterocycles. The number of sulfonamides is 1. The Morgan fingerprint density at radius 2 is 2.14 bits per heavy atom. The summed E-state index contributed by atoms with van der Waals surface area (Å²) in [4.78, 5) is 4.35. The monoisotopic (exact) mass is 366 g/mol. The maximum Gasteiger partial charge on any atom is 0.250 e. The van der Waals surface area contributed by atoms with Crippen molar-refractivity contribution in [2.24, 2.45) is 4.99 Å². The largest absolute Gasteiger partial charge is 0.357 e. The average Bonchev–Trinajstić information content (AvgIpc) is 2.91. The van der Waals surface area contributed by atoms with E-state index in [0.717, 1.165) is 24.3 Å². The van der Waals surface area contributed by atoms with Gasteiger partial charge in [0.1, 0.15) is 4.21 Å². The summed E-state index contributed by atoms with van der Waals surface area (Å²) in [5, 5.41) is 6.37. The first-order chi connectivity index (χ1) is 10.4. The molecule has 0 radical (unpaired) electrons. The van der Waals surface area contributed by atoms with Crippen LogP contribution in [-0.4, -0.2) is 40.1 Å². The third kappa shape index (κ3) is 6.51. The summed E-state index contributed by atoms with van der Waals surface area (Å²) in [6.07, 6.45) is 0.982. The molecule has 1 atom stereocenters. The fourth-order valence-electron chi connectivity index (χ4n) is 1.52. The second-order valence-corrected chi connectivity index (χ2v) is 8.38. The molecule has 0 saturated heterocycles. The molecule has 0 fully saturated rings. The Balaban J connectivity index is 2.52. The number of hydrogen-bond donors (Lipinski definition) is 3. The van der Waals surface area contributed by atoms with Crippen LogP contribution in [0, 0.1) is 0 Å². The van der Waals surface area contributed by atoms with E-state index in [1.807, 2.05) is 6.92 Å². The van der Waals surface area contributed by atoms with Gasteiger partial charge in [-0.2, -0.15) is 0 Å². The van der Waals surface area contributed by atoms with Crippen LogP contribution in [-0.2, 0) is 10.0 Å². The zero-order valence-corrected chi connectivity index (χ0v) is 15.4. The second kappa shape index (κ2) is 9.34. The molecule has 126 valence electrons. The summed E-state index contributed by atoms with van der Waals surface area (Å²) in [6, 6.07) is 3.37. The number of nitrogens with zero attached hydrogens (tertiary/aromatic N) is 1. The van der Waals surface area contributed by atoms with Gasteiger partial charge in [-0.15, -0.1) is 11.3 Å². The molecule has 22 heavy (non-hydrogen) atoms. The van der Waals surface area contributed by atoms with Crippen LogP contribution in [0.2, 0.25) is 4.34 Å². The van der Waals surface area contributed by atoms with Crippen molar-refractivity contribution in [1.29, 1.82) is 0 Å². The Morgan fingerprint density at radius 3 is 2.68 bits per heavy atom. The van der Waals surface area contributed by atoms with Gasteiger partial charge < -0.3 is 10.6 Å². The van der Waals surface area contributed by atoms with Crippen molar-refractivity contribution in [3.8, 4) is 0 Å². The highest BCUT2D eigenvalue weighted by Crippen LogP contribution is 2.25.